The monoisotopic (exact) mass is 360 g/mol. The van der Waals surface area contributed by atoms with Gasteiger partial charge >= 0.3 is 12.1 Å². The normalized spacial score (nSPS) is 11.9. The van der Waals surface area contributed by atoms with Crippen molar-refractivity contribution in [3.63, 3.8) is 0 Å². The smallest absolute Gasteiger partial charge is 0.413 e. The van der Waals surface area contributed by atoms with Gasteiger partial charge in [-0.15, -0.1) is 11.3 Å². The van der Waals surface area contributed by atoms with Gasteiger partial charge in [0.05, 0.1) is 11.3 Å². The van der Waals surface area contributed by atoms with E-state index < -0.39 is 17.7 Å². The van der Waals surface area contributed by atoms with Crippen LogP contribution in [0.4, 0.5) is 9.93 Å². The summed E-state index contributed by atoms with van der Waals surface area (Å²) < 4.78 is 5.15. The number of amides is 1. The van der Waals surface area contributed by atoms with Gasteiger partial charge in [0.1, 0.15) is 5.60 Å². The average molecular weight is 360 g/mol. The van der Waals surface area contributed by atoms with Crippen molar-refractivity contribution in [2.45, 2.75) is 32.8 Å². The molecule has 2 aromatic rings. The number of anilines is 1. The summed E-state index contributed by atoms with van der Waals surface area (Å²) in [6, 6.07) is 9.55. The Hall–Kier alpha value is -2.67. The Bertz CT molecular complexity index is 776. The van der Waals surface area contributed by atoms with Gasteiger partial charge in [0.15, 0.2) is 5.13 Å². The zero-order valence-electron chi connectivity index (χ0n) is 14.3. The zero-order valence-corrected chi connectivity index (χ0v) is 15.1. The number of benzene rings is 1. The lowest BCUT2D eigenvalue weighted by atomic mass is 10.1. The van der Waals surface area contributed by atoms with E-state index in [-0.39, 0.29) is 10.7 Å². The molecule has 1 aromatic heterocycles. The van der Waals surface area contributed by atoms with Gasteiger partial charge in [-0.1, -0.05) is 36.4 Å². The van der Waals surface area contributed by atoms with Crippen LogP contribution in [0.1, 0.15) is 32.0 Å². The fourth-order valence-electron chi connectivity index (χ4n) is 1.98. The Morgan fingerprint density at radius 3 is 2.56 bits per heavy atom. The van der Waals surface area contributed by atoms with Gasteiger partial charge in [0, 0.05) is 5.38 Å². The minimum Gasteiger partial charge on any atom is -0.478 e. The maximum atomic E-state index is 11.8. The van der Waals surface area contributed by atoms with E-state index in [1.807, 2.05) is 30.3 Å². The van der Waals surface area contributed by atoms with Crippen LogP contribution in [0.2, 0.25) is 0 Å². The van der Waals surface area contributed by atoms with Crippen molar-refractivity contribution in [2.75, 3.05) is 5.32 Å². The molecule has 0 saturated carbocycles. The second-order valence-electron chi connectivity index (χ2n) is 6.28. The maximum Gasteiger partial charge on any atom is 0.413 e. The Morgan fingerprint density at radius 1 is 1.28 bits per heavy atom. The second kappa shape index (κ2) is 7.94. The Morgan fingerprint density at radius 2 is 1.96 bits per heavy atom. The van der Waals surface area contributed by atoms with Crippen LogP contribution in [0.3, 0.4) is 0 Å². The molecule has 0 bridgehead atoms. The zero-order chi connectivity index (χ0) is 18.4. The van der Waals surface area contributed by atoms with E-state index >= 15 is 0 Å². The molecule has 7 heteroatoms. The molecule has 1 aromatic carbocycles. The highest BCUT2D eigenvalue weighted by atomic mass is 32.1. The van der Waals surface area contributed by atoms with Crippen LogP contribution >= 0.6 is 11.3 Å². The van der Waals surface area contributed by atoms with Crippen LogP contribution < -0.4 is 5.32 Å². The molecular formula is C18H20N2O4S. The molecule has 0 aliphatic heterocycles. The number of hydrogen-bond donors (Lipinski definition) is 2. The summed E-state index contributed by atoms with van der Waals surface area (Å²) in [5.74, 6) is -1.06. The molecule has 0 aliphatic rings. The number of thiazole rings is 1. The van der Waals surface area contributed by atoms with E-state index in [1.165, 1.54) is 0 Å². The summed E-state index contributed by atoms with van der Waals surface area (Å²) in [6.45, 7) is 5.28. The number of aromatic nitrogens is 1. The molecule has 1 amide bonds. The number of carboxylic acids is 1. The highest BCUT2D eigenvalue weighted by Gasteiger charge is 2.19. The van der Waals surface area contributed by atoms with Gasteiger partial charge in [-0.2, -0.15) is 0 Å². The third-order valence-electron chi connectivity index (χ3n) is 3.00. The molecule has 132 valence electrons. The summed E-state index contributed by atoms with van der Waals surface area (Å²) in [5.41, 5.74) is 0.784. The molecule has 0 unspecified atom stereocenters. The fraction of sp³-hybridized carbons (Fsp3) is 0.278. The van der Waals surface area contributed by atoms with E-state index in [2.05, 4.69) is 10.3 Å². The topological polar surface area (TPSA) is 88.5 Å². The molecular weight excluding hydrogens is 340 g/mol. The van der Waals surface area contributed by atoms with Crippen LogP contribution in [0.15, 0.2) is 41.8 Å². The SMILES string of the molecule is CC(C)(C)OC(=O)Nc1nc(/C(=C/Cc2ccccc2)C(=O)O)cs1. The summed E-state index contributed by atoms with van der Waals surface area (Å²) in [5, 5.41) is 13.8. The molecule has 1 heterocycles. The molecule has 0 atom stereocenters. The quantitative estimate of drug-likeness (QED) is 0.780. The lowest BCUT2D eigenvalue weighted by Crippen LogP contribution is -2.27. The second-order valence-corrected chi connectivity index (χ2v) is 7.14. The van der Waals surface area contributed by atoms with E-state index in [9.17, 15) is 14.7 Å². The summed E-state index contributed by atoms with van der Waals surface area (Å²) in [6.07, 6.45) is 1.47. The molecule has 0 aliphatic carbocycles. The third-order valence-corrected chi connectivity index (χ3v) is 3.76. The number of hydrogen-bond acceptors (Lipinski definition) is 5. The fourth-order valence-corrected chi connectivity index (χ4v) is 2.68. The van der Waals surface area contributed by atoms with Crippen molar-refractivity contribution in [3.05, 3.63) is 53.0 Å². The first-order chi connectivity index (χ1) is 11.7. The Kier molecular flexibility index (Phi) is 5.93. The number of carbonyl (C=O) groups excluding carboxylic acids is 1. The Labute approximate surface area is 150 Å². The van der Waals surface area contributed by atoms with Crippen molar-refractivity contribution in [1.82, 2.24) is 4.98 Å². The van der Waals surface area contributed by atoms with Gasteiger partial charge in [-0.3, -0.25) is 5.32 Å². The van der Waals surface area contributed by atoms with Crippen LogP contribution in [0.5, 0.6) is 0 Å². The van der Waals surface area contributed by atoms with Crippen LogP contribution in [-0.4, -0.2) is 27.8 Å². The highest BCUT2D eigenvalue weighted by Crippen LogP contribution is 2.23. The van der Waals surface area contributed by atoms with Gasteiger partial charge in [0.25, 0.3) is 0 Å². The van der Waals surface area contributed by atoms with Gasteiger partial charge in [-0.05, 0) is 32.8 Å². The lowest BCUT2D eigenvalue weighted by Gasteiger charge is -2.18. The van der Waals surface area contributed by atoms with Crippen molar-refractivity contribution >= 4 is 34.1 Å². The molecule has 0 fully saturated rings. The van der Waals surface area contributed by atoms with Crippen LogP contribution in [0.25, 0.3) is 5.57 Å². The van der Waals surface area contributed by atoms with E-state index in [0.29, 0.717) is 12.1 Å². The molecule has 2 N–H and O–H groups in total. The van der Waals surface area contributed by atoms with Crippen molar-refractivity contribution in [2.24, 2.45) is 0 Å². The lowest BCUT2D eigenvalue weighted by molar-refractivity contribution is -0.130. The number of aliphatic carboxylic acids is 1. The predicted molar refractivity (Wildman–Crippen MR) is 97.7 cm³/mol. The molecule has 6 nitrogen and oxygen atoms in total. The highest BCUT2D eigenvalue weighted by molar-refractivity contribution is 7.14. The van der Waals surface area contributed by atoms with E-state index in [0.717, 1.165) is 16.9 Å². The van der Waals surface area contributed by atoms with Crippen LogP contribution in [0, 0.1) is 0 Å². The van der Waals surface area contributed by atoms with Gasteiger partial charge < -0.3 is 9.84 Å². The number of nitrogens with one attached hydrogen (secondary N) is 1. The number of ether oxygens (including phenoxy) is 1. The number of carbonyl (C=O) groups is 2. The average Bonchev–Trinajstić information content (AvgIpc) is 2.94. The first kappa shape index (κ1) is 18.7. The molecule has 0 saturated heterocycles. The third kappa shape index (κ3) is 6.04. The maximum absolute atomic E-state index is 11.8. The van der Waals surface area contributed by atoms with Crippen molar-refractivity contribution in [3.8, 4) is 0 Å². The van der Waals surface area contributed by atoms with E-state index in [1.54, 1.807) is 32.2 Å². The van der Waals surface area contributed by atoms with Crippen LogP contribution in [-0.2, 0) is 16.0 Å². The van der Waals surface area contributed by atoms with Gasteiger partial charge in [-0.25, -0.2) is 14.6 Å². The largest absolute Gasteiger partial charge is 0.478 e. The number of allylic oxidation sites excluding steroid dienone is 1. The molecule has 2 rings (SSSR count). The summed E-state index contributed by atoms with van der Waals surface area (Å²) in [4.78, 5) is 27.5. The first-order valence-corrected chi connectivity index (χ1v) is 8.56. The standard InChI is InChI=1S/C18H20N2O4S/c1-18(2,3)24-17(23)20-16-19-14(11-25-16)13(15(21)22)10-9-12-7-5-4-6-8-12/h4-8,10-11H,9H2,1-3H3,(H,21,22)(H,19,20,23)/b13-10-. The molecule has 0 radical (unpaired) electrons. The number of nitrogens with zero attached hydrogens (tertiary/aromatic N) is 1. The van der Waals surface area contributed by atoms with Gasteiger partial charge in [0.2, 0.25) is 0 Å². The molecule has 0 spiro atoms. The first-order valence-electron chi connectivity index (χ1n) is 7.68. The number of rotatable bonds is 5. The Balaban J connectivity index is 2.11. The van der Waals surface area contributed by atoms with Crippen molar-refractivity contribution < 1.29 is 19.4 Å². The molecule has 25 heavy (non-hydrogen) atoms. The number of carboxylic acid groups (broad SMARTS) is 1. The summed E-state index contributed by atoms with van der Waals surface area (Å²) in [7, 11) is 0. The minimum absolute atomic E-state index is 0.0948. The van der Waals surface area contributed by atoms with Crippen molar-refractivity contribution in [1.29, 1.82) is 0 Å². The summed E-state index contributed by atoms with van der Waals surface area (Å²) >= 11 is 1.14. The van der Waals surface area contributed by atoms with E-state index in [4.69, 9.17) is 4.74 Å². The minimum atomic E-state index is -1.06. The predicted octanol–water partition coefficient (Wildman–Crippen LogP) is 4.20.